The first-order chi connectivity index (χ1) is 12.1. The van der Waals surface area contributed by atoms with Crippen LogP contribution in [0.5, 0.6) is 11.6 Å². The van der Waals surface area contributed by atoms with Crippen molar-refractivity contribution in [1.82, 2.24) is 15.1 Å². The van der Waals surface area contributed by atoms with Crippen LogP contribution < -0.4 is 19.7 Å². The molecule has 0 radical (unpaired) electrons. The number of nitrogens with one attached hydrogen (secondary N) is 1. The van der Waals surface area contributed by atoms with E-state index >= 15 is 0 Å². The van der Waals surface area contributed by atoms with Gasteiger partial charge in [0.25, 0.3) is 0 Å². The monoisotopic (exact) mass is 344 g/mol. The lowest BCUT2D eigenvalue weighted by Crippen LogP contribution is -2.26. The number of anilines is 1. The van der Waals surface area contributed by atoms with Gasteiger partial charge in [-0.15, -0.1) is 0 Å². The molecule has 1 N–H and O–H groups in total. The number of methoxy groups -OCH3 is 2. The number of aryl methyl sites for hydroxylation is 2. The molecule has 2 heterocycles. The van der Waals surface area contributed by atoms with Gasteiger partial charge in [-0.2, -0.15) is 5.10 Å². The smallest absolute Gasteiger partial charge is 0.216 e. The van der Waals surface area contributed by atoms with E-state index in [2.05, 4.69) is 27.4 Å². The Hall–Kier alpha value is -2.21. The maximum atomic E-state index is 5.49. The fourth-order valence-electron chi connectivity index (χ4n) is 3.65. The van der Waals surface area contributed by atoms with Gasteiger partial charge in [0.1, 0.15) is 5.75 Å². The molecular formula is C19H28N4O2. The van der Waals surface area contributed by atoms with Crippen LogP contribution in [0.1, 0.15) is 17.7 Å². The highest BCUT2D eigenvalue weighted by Gasteiger charge is 2.24. The normalized spacial score (nSPS) is 17.1. The van der Waals surface area contributed by atoms with Crippen LogP contribution in [-0.4, -0.2) is 43.6 Å². The summed E-state index contributed by atoms with van der Waals surface area (Å²) in [6.45, 7) is 5.92. The summed E-state index contributed by atoms with van der Waals surface area (Å²) in [6, 6.07) is 8.25. The van der Waals surface area contributed by atoms with Gasteiger partial charge in [-0.1, -0.05) is 12.1 Å². The van der Waals surface area contributed by atoms with Crippen LogP contribution in [0.15, 0.2) is 24.3 Å². The number of para-hydroxylation sites is 2. The van der Waals surface area contributed by atoms with Crippen LogP contribution in [0.2, 0.25) is 0 Å². The average Bonchev–Trinajstić information content (AvgIpc) is 3.19. The van der Waals surface area contributed by atoms with Crippen molar-refractivity contribution in [2.45, 2.75) is 19.9 Å². The van der Waals surface area contributed by atoms with E-state index in [1.54, 1.807) is 18.9 Å². The van der Waals surface area contributed by atoms with Crippen molar-refractivity contribution in [2.75, 3.05) is 38.8 Å². The quantitative estimate of drug-likeness (QED) is 0.836. The summed E-state index contributed by atoms with van der Waals surface area (Å²) >= 11 is 0. The molecule has 1 aromatic carbocycles. The lowest BCUT2D eigenvalue weighted by atomic mass is 10.1. The molecule has 1 aromatic heterocycles. The first-order valence-electron chi connectivity index (χ1n) is 8.79. The van der Waals surface area contributed by atoms with E-state index in [4.69, 9.17) is 9.47 Å². The van der Waals surface area contributed by atoms with Gasteiger partial charge in [-0.05, 0) is 31.4 Å². The van der Waals surface area contributed by atoms with Crippen molar-refractivity contribution < 1.29 is 9.47 Å². The van der Waals surface area contributed by atoms with Gasteiger partial charge in [-0.25, -0.2) is 4.68 Å². The van der Waals surface area contributed by atoms with E-state index in [0.717, 1.165) is 49.1 Å². The Morgan fingerprint density at radius 3 is 2.80 bits per heavy atom. The molecule has 1 saturated heterocycles. The first-order valence-corrected chi connectivity index (χ1v) is 8.79. The Morgan fingerprint density at radius 1 is 1.24 bits per heavy atom. The SMILES string of the molecule is COc1ccccc1N1CC[C@H](CNCc2c(C)nn(C)c2OC)C1. The zero-order valence-electron chi connectivity index (χ0n) is 15.6. The van der Waals surface area contributed by atoms with Gasteiger partial charge in [-0.3, -0.25) is 0 Å². The third-order valence-electron chi connectivity index (χ3n) is 4.93. The van der Waals surface area contributed by atoms with Crippen molar-refractivity contribution in [3.05, 3.63) is 35.5 Å². The number of benzene rings is 1. The highest BCUT2D eigenvalue weighted by Crippen LogP contribution is 2.31. The van der Waals surface area contributed by atoms with E-state index < -0.39 is 0 Å². The summed E-state index contributed by atoms with van der Waals surface area (Å²) in [5.41, 5.74) is 3.36. The molecule has 1 atom stereocenters. The summed E-state index contributed by atoms with van der Waals surface area (Å²) in [5.74, 6) is 2.42. The molecule has 0 unspecified atom stereocenters. The van der Waals surface area contributed by atoms with E-state index in [9.17, 15) is 0 Å². The minimum Gasteiger partial charge on any atom is -0.495 e. The van der Waals surface area contributed by atoms with Crippen molar-refractivity contribution in [3.8, 4) is 11.6 Å². The highest BCUT2D eigenvalue weighted by atomic mass is 16.5. The van der Waals surface area contributed by atoms with Gasteiger partial charge in [0, 0.05) is 33.2 Å². The summed E-state index contributed by atoms with van der Waals surface area (Å²) in [5, 5.41) is 8.01. The molecule has 25 heavy (non-hydrogen) atoms. The lowest BCUT2D eigenvalue weighted by Gasteiger charge is -2.21. The molecule has 0 aliphatic carbocycles. The van der Waals surface area contributed by atoms with Crippen molar-refractivity contribution in [2.24, 2.45) is 13.0 Å². The van der Waals surface area contributed by atoms with Crippen LogP contribution in [0.25, 0.3) is 0 Å². The summed E-state index contributed by atoms with van der Waals surface area (Å²) in [7, 11) is 5.34. The van der Waals surface area contributed by atoms with Gasteiger partial charge < -0.3 is 19.7 Å². The van der Waals surface area contributed by atoms with Gasteiger partial charge in [0.15, 0.2) is 0 Å². The molecule has 6 nitrogen and oxygen atoms in total. The van der Waals surface area contributed by atoms with Gasteiger partial charge in [0.2, 0.25) is 5.88 Å². The second kappa shape index (κ2) is 7.78. The molecule has 1 aliphatic heterocycles. The molecular weight excluding hydrogens is 316 g/mol. The fraction of sp³-hybridized carbons (Fsp3) is 0.526. The van der Waals surface area contributed by atoms with Crippen LogP contribution in [0.3, 0.4) is 0 Å². The fourth-order valence-corrected chi connectivity index (χ4v) is 3.65. The topological polar surface area (TPSA) is 51.5 Å². The van der Waals surface area contributed by atoms with Crippen molar-refractivity contribution in [3.63, 3.8) is 0 Å². The molecule has 0 saturated carbocycles. The molecule has 3 rings (SSSR count). The Bertz CT molecular complexity index is 713. The minimum absolute atomic E-state index is 0.632. The zero-order valence-corrected chi connectivity index (χ0v) is 15.6. The largest absolute Gasteiger partial charge is 0.495 e. The third kappa shape index (κ3) is 3.74. The number of ether oxygens (including phenoxy) is 2. The molecule has 0 bridgehead atoms. The van der Waals surface area contributed by atoms with Crippen molar-refractivity contribution in [1.29, 1.82) is 0 Å². The van der Waals surface area contributed by atoms with E-state index in [1.807, 2.05) is 26.1 Å². The molecule has 0 spiro atoms. The third-order valence-corrected chi connectivity index (χ3v) is 4.93. The maximum Gasteiger partial charge on any atom is 0.216 e. The van der Waals surface area contributed by atoms with Gasteiger partial charge in [0.05, 0.1) is 31.2 Å². The van der Waals surface area contributed by atoms with E-state index in [0.29, 0.717) is 5.92 Å². The molecule has 136 valence electrons. The molecule has 2 aromatic rings. The van der Waals surface area contributed by atoms with Crippen molar-refractivity contribution >= 4 is 5.69 Å². The molecule has 1 fully saturated rings. The first kappa shape index (κ1) is 17.6. The maximum absolute atomic E-state index is 5.49. The van der Waals surface area contributed by atoms with Crippen LogP contribution in [0.4, 0.5) is 5.69 Å². The molecule has 1 aliphatic rings. The summed E-state index contributed by atoms with van der Waals surface area (Å²) in [6.07, 6.45) is 1.19. The molecule has 6 heteroatoms. The predicted octanol–water partition coefficient (Wildman–Crippen LogP) is 2.36. The second-order valence-electron chi connectivity index (χ2n) is 6.60. The Kier molecular flexibility index (Phi) is 5.48. The van der Waals surface area contributed by atoms with E-state index in [1.165, 1.54) is 12.1 Å². The van der Waals surface area contributed by atoms with Crippen LogP contribution in [-0.2, 0) is 13.6 Å². The standard InChI is InChI=1S/C19H28N4O2/c1-14-16(19(25-4)22(2)21-14)12-20-11-15-9-10-23(13-15)17-7-5-6-8-18(17)24-3/h5-8,15,20H,9-13H2,1-4H3/t15-/m1/s1. The molecule has 0 amide bonds. The Morgan fingerprint density at radius 2 is 2.04 bits per heavy atom. The average molecular weight is 344 g/mol. The summed E-state index contributed by atoms with van der Waals surface area (Å²) < 4.78 is 12.7. The highest BCUT2D eigenvalue weighted by molar-refractivity contribution is 5.59. The van der Waals surface area contributed by atoms with Gasteiger partial charge >= 0.3 is 0 Å². The lowest BCUT2D eigenvalue weighted by molar-refractivity contribution is 0.367. The number of hydrogen-bond donors (Lipinski definition) is 1. The second-order valence-corrected chi connectivity index (χ2v) is 6.60. The Balaban J connectivity index is 1.54. The minimum atomic E-state index is 0.632. The Labute approximate surface area is 149 Å². The predicted molar refractivity (Wildman–Crippen MR) is 99.5 cm³/mol. The van der Waals surface area contributed by atoms with E-state index in [-0.39, 0.29) is 0 Å². The number of aromatic nitrogens is 2. The number of hydrogen-bond acceptors (Lipinski definition) is 5. The number of nitrogens with zero attached hydrogens (tertiary/aromatic N) is 3. The van der Waals surface area contributed by atoms with Crippen LogP contribution >= 0.6 is 0 Å². The summed E-state index contributed by atoms with van der Waals surface area (Å²) in [4.78, 5) is 2.42. The zero-order chi connectivity index (χ0) is 17.8. The number of rotatable bonds is 7. The van der Waals surface area contributed by atoms with Crippen LogP contribution in [0, 0.1) is 12.8 Å².